The van der Waals surface area contributed by atoms with Crippen molar-refractivity contribution < 1.29 is 19.1 Å². The van der Waals surface area contributed by atoms with Gasteiger partial charge >= 0.3 is 5.97 Å². The van der Waals surface area contributed by atoms with Crippen LogP contribution in [0.1, 0.15) is 48.7 Å². The Morgan fingerprint density at radius 1 is 1.32 bits per heavy atom. The zero-order valence-electron chi connectivity index (χ0n) is 14.1. The number of hydrogen-bond donors (Lipinski definition) is 2. The zero-order chi connectivity index (χ0) is 18.2. The number of carboxylic acids is 1. The summed E-state index contributed by atoms with van der Waals surface area (Å²) >= 11 is 0. The molecule has 1 aliphatic carbocycles. The average Bonchev–Trinajstić information content (AvgIpc) is 3.24. The minimum absolute atomic E-state index is 0.00246. The molecule has 1 fully saturated rings. The summed E-state index contributed by atoms with van der Waals surface area (Å²) in [4.78, 5) is 23.8. The lowest BCUT2D eigenvalue weighted by Crippen LogP contribution is -2.34. The highest BCUT2D eigenvalue weighted by atomic mass is 19.1. The fourth-order valence-electron chi connectivity index (χ4n) is 2.84. The summed E-state index contributed by atoms with van der Waals surface area (Å²) in [5, 5.41) is 16.2. The van der Waals surface area contributed by atoms with Gasteiger partial charge in [0, 0.05) is 6.54 Å². The third-order valence-electron chi connectivity index (χ3n) is 4.56. The van der Waals surface area contributed by atoms with E-state index in [-0.39, 0.29) is 24.2 Å². The first kappa shape index (κ1) is 17.1. The van der Waals surface area contributed by atoms with E-state index in [4.69, 9.17) is 0 Å². The maximum atomic E-state index is 13.1. The number of carbonyl (C=O) groups excluding carboxylic acids is 1. The summed E-state index contributed by atoms with van der Waals surface area (Å²) in [5.41, 5.74) is 0.943. The summed E-state index contributed by atoms with van der Waals surface area (Å²) in [7, 11) is 0. The molecule has 132 valence electrons. The van der Waals surface area contributed by atoms with Crippen LogP contribution in [-0.4, -0.2) is 33.3 Å². The molecule has 1 heterocycles. The number of hydrogen-bond acceptors (Lipinski definition) is 3. The molecule has 3 rings (SSSR count). The van der Waals surface area contributed by atoms with E-state index in [1.807, 2.05) is 13.8 Å². The molecule has 7 heteroatoms. The number of aliphatic carboxylic acids is 1. The molecule has 1 aliphatic rings. The van der Waals surface area contributed by atoms with Crippen LogP contribution >= 0.6 is 0 Å². The second kappa shape index (κ2) is 6.31. The lowest BCUT2D eigenvalue weighted by atomic mass is 10.0. The topological polar surface area (TPSA) is 84.2 Å². The third-order valence-corrected chi connectivity index (χ3v) is 4.56. The van der Waals surface area contributed by atoms with Gasteiger partial charge < -0.3 is 10.4 Å². The molecule has 1 aromatic heterocycles. The number of halogens is 1. The predicted octanol–water partition coefficient (Wildman–Crippen LogP) is 2.73. The molecule has 0 unspecified atom stereocenters. The molecule has 6 nitrogen and oxygen atoms in total. The minimum atomic E-state index is -0.876. The Morgan fingerprint density at radius 3 is 2.48 bits per heavy atom. The number of rotatable bonds is 6. The van der Waals surface area contributed by atoms with Crippen LogP contribution in [0.25, 0.3) is 5.69 Å². The molecule has 0 bridgehead atoms. The van der Waals surface area contributed by atoms with Crippen LogP contribution in [0.4, 0.5) is 4.39 Å². The monoisotopic (exact) mass is 345 g/mol. The number of nitrogens with zero attached hydrogens (tertiary/aromatic N) is 2. The first-order valence-corrected chi connectivity index (χ1v) is 8.19. The molecule has 1 saturated carbocycles. The molecular formula is C18H20FN3O3. The zero-order valence-corrected chi connectivity index (χ0v) is 14.1. The molecule has 0 saturated heterocycles. The Bertz CT molecular complexity index is 807. The Hall–Kier alpha value is -2.70. The van der Waals surface area contributed by atoms with Crippen LogP contribution in [0.5, 0.6) is 0 Å². The molecule has 25 heavy (non-hydrogen) atoms. The lowest BCUT2D eigenvalue weighted by molar-refractivity contribution is -0.143. The minimum Gasteiger partial charge on any atom is -0.481 e. The molecule has 0 aliphatic heterocycles. The summed E-state index contributed by atoms with van der Waals surface area (Å²) in [5.74, 6) is -1.56. The molecule has 2 aromatic rings. The molecule has 0 spiro atoms. The summed E-state index contributed by atoms with van der Waals surface area (Å²) in [6.07, 6.45) is 2.62. The first-order valence-electron chi connectivity index (χ1n) is 8.19. The van der Waals surface area contributed by atoms with Crippen LogP contribution < -0.4 is 5.32 Å². The van der Waals surface area contributed by atoms with Gasteiger partial charge in [-0.25, -0.2) is 9.07 Å². The number of benzene rings is 1. The van der Waals surface area contributed by atoms with E-state index >= 15 is 0 Å². The van der Waals surface area contributed by atoms with Crippen molar-refractivity contribution in [3.05, 3.63) is 47.5 Å². The highest BCUT2D eigenvalue weighted by molar-refractivity contribution is 5.96. The molecule has 2 N–H and O–H groups in total. The fourth-order valence-corrected chi connectivity index (χ4v) is 2.84. The van der Waals surface area contributed by atoms with E-state index < -0.39 is 11.4 Å². The van der Waals surface area contributed by atoms with E-state index in [0.29, 0.717) is 29.8 Å². The number of carboxylic acid groups (broad SMARTS) is 1. The highest BCUT2D eigenvalue weighted by Gasteiger charge is 2.50. The molecular weight excluding hydrogens is 325 g/mol. The van der Waals surface area contributed by atoms with E-state index in [9.17, 15) is 19.1 Å². The predicted molar refractivity (Wildman–Crippen MR) is 89.2 cm³/mol. The van der Waals surface area contributed by atoms with Crippen molar-refractivity contribution in [3.8, 4) is 5.69 Å². The van der Waals surface area contributed by atoms with Gasteiger partial charge in [0.25, 0.3) is 5.91 Å². The van der Waals surface area contributed by atoms with Gasteiger partial charge in [0.1, 0.15) is 5.82 Å². The van der Waals surface area contributed by atoms with Gasteiger partial charge in [0.15, 0.2) is 0 Å². The van der Waals surface area contributed by atoms with Gasteiger partial charge in [-0.2, -0.15) is 5.10 Å². The molecule has 1 amide bonds. The quantitative estimate of drug-likeness (QED) is 0.843. The maximum Gasteiger partial charge on any atom is 0.311 e. The molecule has 0 atom stereocenters. The van der Waals surface area contributed by atoms with Crippen molar-refractivity contribution >= 4 is 11.9 Å². The smallest absolute Gasteiger partial charge is 0.311 e. The van der Waals surface area contributed by atoms with Gasteiger partial charge in [0.05, 0.1) is 28.6 Å². The fraction of sp³-hybridized carbons (Fsp3) is 0.389. The van der Waals surface area contributed by atoms with Crippen molar-refractivity contribution in [1.29, 1.82) is 0 Å². The number of carbonyl (C=O) groups is 2. The van der Waals surface area contributed by atoms with Crippen LogP contribution in [0.15, 0.2) is 30.5 Å². The van der Waals surface area contributed by atoms with E-state index in [0.717, 1.165) is 0 Å². The second-order valence-electron chi connectivity index (χ2n) is 6.75. The summed E-state index contributed by atoms with van der Waals surface area (Å²) in [6, 6.07) is 5.87. The van der Waals surface area contributed by atoms with Crippen molar-refractivity contribution in [2.24, 2.45) is 5.41 Å². The largest absolute Gasteiger partial charge is 0.481 e. The normalized spacial score (nSPS) is 15.2. The standard InChI is InChI=1S/C18H20FN3O3/c1-11(2)15-14(16(23)20-10-18(7-8-18)17(24)25)9-21-22(15)13-5-3-12(19)4-6-13/h3-6,9,11H,7-8,10H2,1-2H3,(H,20,23)(H,24,25). The van der Waals surface area contributed by atoms with Crippen molar-refractivity contribution in [3.63, 3.8) is 0 Å². The van der Waals surface area contributed by atoms with Crippen LogP contribution in [0, 0.1) is 11.2 Å². The Balaban J connectivity index is 1.85. The van der Waals surface area contributed by atoms with Crippen molar-refractivity contribution in [2.75, 3.05) is 6.54 Å². The Morgan fingerprint density at radius 2 is 1.96 bits per heavy atom. The van der Waals surface area contributed by atoms with E-state index in [1.165, 1.54) is 18.3 Å². The Labute approximate surface area is 144 Å². The summed E-state index contributed by atoms with van der Waals surface area (Å²) in [6.45, 7) is 3.99. The van der Waals surface area contributed by atoms with Gasteiger partial charge in [-0.05, 0) is 43.0 Å². The SMILES string of the molecule is CC(C)c1c(C(=O)NCC2(C(=O)O)CC2)cnn1-c1ccc(F)cc1. The lowest BCUT2D eigenvalue weighted by Gasteiger charge is -2.14. The molecule has 0 radical (unpaired) electrons. The number of nitrogens with one attached hydrogen (secondary N) is 1. The van der Waals surface area contributed by atoms with Crippen LogP contribution in [0.2, 0.25) is 0 Å². The van der Waals surface area contributed by atoms with Crippen molar-refractivity contribution in [2.45, 2.75) is 32.6 Å². The highest BCUT2D eigenvalue weighted by Crippen LogP contribution is 2.45. The maximum absolute atomic E-state index is 13.1. The second-order valence-corrected chi connectivity index (χ2v) is 6.75. The average molecular weight is 345 g/mol. The van der Waals surface area contributed by atoms with Crippen molar-refractivity contribution in [1.82, 2.24) is 15.1 Å². The number of amides is 1. The molecule has 1 aromatic carbocycles. The van der Waals surface area contributed by atoms with Gasteiger partial charge in [0.2, 0.25) is 0 Å². The van der Waals surface area contributed by atoms with Gasteiger partial charge in [-0.15, -0.1) is 0 Å². The third kappa shape index (κ3) is 3.26. The first-order chi connectivity index (χ1) is 11.8. The summed E-state index contributed by atoms with van der Waals surface area (Å²) < 4.78 is 14.8. The number of aromatic nitrogens is 2. The van der Waals surface area contributed by atoms with Crippen LogP contribution in [0.3, 0.4) is 0 Å². The Kier molecular flexibility index (Phi) is 4.32. The van der Waals surface area contributed by atoms with E-state index in [1.54, 1.807) is 16.8 Å². The van der Waals surface area contributed by atoms with Gasteiger partial charge in [-0.3, -0.25) is 9.59 Å². The van der Waals surface area contributed by atoms with Crippen LogP contribution in [-0.2, 0) is 4.79 Å². The van der Waals surface area contributed by atoms with E-state index in [2.05, 4.69) is 10.4 Å². The van der Waals surface area contributed by atoms with Gasteiger partial charge in [-0.1, -0.05) is 13.8 Å².